The fraction of sp³-hybridized carbons (Fsp3) is 0.0667. The standard InChI is InChI=1S/C7H5FN2S.C7H6N2S.CH4/c8-6-4(9)1-2-5-7(6)11-3-10-5;8-5-1-2-6-7(3-5)10-4-9-6;/h1-3H,9H2;1-4H,8H2;1H4. The van der Waals surface area contributed by atoms with Crippen LogP contribution >= 0.6 is 22.7 Å². The van der Waals surface area contributed by atoms with Crippen molar-refractivity contribution in [2.45, 2.75) is 7.43 Å². The van der Waals surface area contributed by atoms with E-state index in [9.17, 15) is 4.39 Å². The lowest BCUT2D eigenvalue weighted by Gasteiger charge is -1.94. The number of rotatable bonds is 0. The summed E-state index contributed by atoms with van der Waals surface area (Å²) in [6.07, 6.45) is 0. The van der Waals surface area contributed by atoms with Crippen LogP contribution in [-0.4, -0.2) is 9.97 Å². The zero-order chi connectivity index (χ0) is 14.8. The van der Waals surface area contributed by atoms with E-state index in [1.54, 1.807) is 22.9 Å². The maximum absolute atomic E-state index is 13.1. The van der Waals surface area contributed by atoms with Crippen LogP contribution in [0.2, 0.25) is 0 Å². The van der Waals surface area contributed by atoms with E-state index >= 15 is 0 Å². The first-order chi connectivity index (χ1) is 10.1. The zero-order valence-electron chi connectivity index (χ0n) is 10.8. The summed E-state index contributed by atoms with van der Waals surface area (Å²) in [5.41, 5.74) is 17.0. The second-order valence-corrected chi connectivity index (χ2v) is 5.99. The maximum atomic E-state index is 13.1. The molecule has 0 unspecified atom stereocenters. The topological polar surface area (TPSA) is 77.8 Å². The highest BCUT2D eigenvalue weighted by molar-refractivity contribution is 7.17. The second-order valence-electron chi connectivity index (χ2n) is 4.25. The Balaban J connectivity index is 0.000000154. The van der Waals surface area contributed by atoms with Crippen molar-refractivity contribution in [2.75, 3.05) is 11.5 Å². The molecule has 114 valence electrons. The fourth-order valence-corrected chi connectivity index (χ4v) is 3.24. The van der Waals surface area contributed by atoms with Gasteiger partial charge in [-0.15, -0.1) is 22.7 Å². The Labute approximate surface area is 135 Å². The number of nitrogen functional groups attached to an aromatic ring is 2. The Kier molecular flexibility index (Phi) is 4.89. The quantitative estimate of drug-likeness (QED) is 0.463. The van der Waals surface area contributed by atoms with Gasteiger partial charge in [-0.05, 0) is 30.3 Å². The molecule has 0 bridgehead atoms. The van der Waals surface area contributed by atoms with Crippen molar-refractivity contribution in [3.63, 3.8) is 0 Å². The van der Waals surface area contributed by atoms with E-state index in [1.165, 1.54) is 17.4 Å². The molecule has 7 heteroatoms. The van der Waals surface area contributed by atoms with Crippen LogP contribution < -0.4 is 11.5 Å². The lowest BCUT2D eigenvalue weighted by molar-refractivity contribution is 0.646. The summed E-state index contributed by atoms with van der Waals surface area (Å²) in [4.78, 5) is 8.07. The van der Waals surface area contributed by atoms with E-state index in [-0.39, 0.29) is 18.9 Å². The van der Waals surface area contributed by atoms with Gasteiger partial charge < -0.3 is 11.5 Å². The van der Waals surface area contributed by atoms with Crippen molar-refractivity contribution >= 4 is 54.5 Å². The molecule has 0 saturated heterocycles. The van der Waals surface area contributed by atoms with Crippen LogP contribution in [0.15, 0.2) is 41.4 Å². The van der Waals surface area contributed by atoms with Gasteiger partial charge in [0.15, 0.2) is 5.82 Å². The van der Waals surface area contributed by atoms with Gasteiger partial charge in [0.2, 0.25) is 0 Å². The van der Waals surface area contributed by atoms with E-state index in [0.29, 0.717) is 10.2 Å². The minimum absolute atomic E-state index is 0. The molecule has 0 atom stereocenters. The van der Waals surface area contributed by atoms with E-state index in [2.05, 4.69) is 9.97 Å². The molecule has 4 N–H and O–H groups in total. The summed E-state index contributed by atoms with van der Waals surface area (Å²) in [5, 5.41) is 0. The Morgan fingerprint density at radius 2 is 1.59 bits per heavy atom. The number of benzene rings is 2. The molecule has 4 rings (SSSR count). The first kappa shape index (κ1) is 16.1. The zero-order valence-corrected chi connectivity index (χ0v) is 12.4. The predicted octanol–water partition coefficient (Wildman–Crippen LogP) is 4.53. The van der Waals surface area contributed by atoms with Crippen LogP contribution in [0.5, 0.6) is 0 Å². The number of aromatic nitrogens is 2. The average molecular weight is 334 g/mol. The number of anilines is 2. The first-order valence-corrected chi connectivity index (χ1v) is 7.77. The molecule has 0 fully saturated rings. The van der Waals surface area contributed by atoms with Crippen LogP contribution in [0, 0.1) is 5.82 Å². The summed E-state index contributed by atoms with van der Waals surface area (Å²) in [6.45, 7) is 0. The third kappa shape index (κ3) is 3.15. The Hall–Kier alpha value is -2.25. The Bertz CT molecular complexity index is 901. The molecule has 0 radical (unpaired) electrons. The van der Waals surface area contributed by atoms with E-state index in [4.69, 9.17) is 11.5 Å². The summed E-state index contributed by atoms with van der Waals surface area (Å²) in [7, 11) is 0. The third-order valence-corrected chi connectivity index (χ3v) is 4.45. The Morgan fingerprint density at radius 3 is 2.41 bits per heavy atom. The fourth-order valence-electron chi connectivity index (χ4n) is 1.78. The van der Waals surface area contributed by atoms with Gasteiger partial charge in [-0.1, -0.05) is 7.43 Å². The van der Waals surface area contributed by atoms with Gasteiger partial charge >= 0.3 is 0 Å². The smallest absolute Gasteiger partial charge is 0.165 e. The molecular formula is C15H15FN4S2. The van der Waals surface area contributed by atoms with Crippen molar-refractivity contribution in [1.82, 2.24) is 9.97 Å². The largest absolute Gasteiger partial charge is 0.399 e. The number of fused-ring (bicyclic) bond motifs is 2. The molecule has 22 heavy (non-hydrogen) atoms. The molecule has 0 amide bonds. The summed E-state index contributed by atoms with van der Waals surface area (Å²) in [5.74, 6) is -0.356. The molecule has 0 aliphatic heterocycles. The first-order valence-electron chi connectivity index (χ1n) is 6.01. The second kappa shape index (κ2) is 6.67. The van der Waals surface area contributed by atoms with Crippen molar-refractivity contribution in [1.29, 1.82) is 0 Å². The van der Waals surface area contributed by atoms with Gasteiger partial charge in [0.1, 0.15) is 0 Å². The predicted molar refractivity (Wildman–Crippen MR) is 94.8 cm³/mol. The number of thiazole rings is 2. The highest BCUT2D eigenvalue weighted by Gasteiger charge is 2.05. The number of nitrogens with zero attached hydrogens (tertiary/aromatic N) is 2. The number of hydrogen-bond acceptors (Lipinski definition) is 6. The van der Waals surface area contributed by atoms with Crippen LogP contribution in [0.3, 0.4) is 0 Å². The van der Waals surface area contributed by atoms with E-state index in [0.717, 1.165) is 15.9 Å². The maximum Gasteiger partial charge on any atom is 0.165 e. The number of nitrogens with two attached hydrogens (primary N) is 2. The number of halogens is 1. The molecule has 0 spiro atoms. The summed E-state index contributed by atoms with van der Waals surface area (Å²) in [6, 6.07) is 8.97. The normalized spacial score (nSPS) is 10.0. The lowest BCUT2D eigenvalue weighted by Crippen LogP contribution is -1.88. The van der Waals surface area contributed by atoms with Gasteiger partial charge in [0.25, 0.3) is 0 Å². The summed E-state index contributed by atoms with van der Waals surface area (Å²) < 4.78 is 14.8. The van der Waals surface area contributed by atoms with Crippen molar-refractivity contribution in [2.24, 2.45) is 0 Å². The SMILES string of the molecule is C.Nc1ccc2ncsc2c1.Nc1ccc2ncsc2c1F. The number of hydrogen-bond donors (Lipinski definition) is 2. The average Bonchev–Trinajstić information content (AvgIpc) is 3.12. The molecule has 2 aromatic heterocycles. The Morgan fingerprint density at radius 1 is 0.909 bits per heavy atom. The monoisotopic (exact) mass is 334 g/mol. The lowest BCUT2D eigenvalue weighted by atomic mass is 10.3. The molecule has 4 aromatic rings. The summed E-state index contributed by atoms with van der Waals surface area (Å²) >= 11 is 2.87. The highest BCUT2D eigenvalue weighted by atomic mass is 32.1. The molecule has 4 nitrogen and oxygen atoms in total. The van der Waals surface area contributed by atoms with Crippen molar-refractivity contribution < 1.29 is 4.39 Å². The van der Waals surface area contributed by atoms with Gasteiger partial charge in [-0.3, -0.25) is 0 Å². The van der Waals surface area contributed by atoms with Gasteiger partial charge in [0, 0.05) is 5.69 Å². The van der Waals surface area contributed by atoms with Gasteiger partial charge in [-0.2, -0.15) is 0 Å². The molecular weight excluding hydrogens is 319 g/mol. The van der Waals surface area contributed by atoms with Crippen LogP contribution in [0.4, 0.5) is 15.8 Å². The molecule has 2 aromatic carbocycles. The van der Waals surface area contributed by atoms with Crippen LogP contribution in [-0.2, 0) is 0 Å². The van der Waals surface area contributed by atoms with Crippen molar-refractivity contribution in [3.8, 4) is 0 Å². The minimum atomic E-state index is -0.356. The molecule has 0 saturated carbocycles. The molecule has 0 aliphatic carbocycles. The van der Waals surface area contributed by atoms with Crippen molar-refractivity contribution in [3.05, 3.63) is 47.2 Å². The third-order valence-electron chi connectivity index (χ3n) is 2.82. The van der Waals surface area contributed by atoms with Crippen LogP contribution in [0.25, 0.3) is 20.4 Å². The molecule has 2 heterocycles. The van der Waals surface area contributed by atoms with E-state index in [1.807, 2.05) is 23.7 Å². The van der Waals surface area contributed by atoms with Crippen LogP contribution in [0.1, 0.15) is 7.43 Å². The molecule has 0 aliphatic rings. The minimum Gasteiger partial charge on any atom is -0.399 e. The van der Waals surface area contributed by atoms with Gasteiger partial charge in [-0.25, -0.2) is 14.4 Å². The van der Waals surface area contributed by atoms with Gasteiger partial charge in [0.05, 0.1) is 37.1 Å². The highest BCUT2D eigenvalue weighted by Crippen LogP contribution is 2.24. The van der Waals surface area contributed by atoms with E-state index < -0.39 is 0 Å².